The van der Waals surface area contributed by atoms with Crippen LogP contribution in [0, 0.1) is 0 Å². The van der Waals surface area contributed by atoms with Gasteiger partial charge in [-0.3, -0.25) is 0 Å². The van der Waals surface area contributed by atoms with Crippen LogP contribution in [0.5, 0.6) is 0 Å². The van der Waals surface area contributed by atoms with Crippen LogP contribution in [0.2, 0.25) is 0 Å². The molecule has 1 N–H and O–H groups in total. The molecule has 4 nitrogen and oxygen atoms in total. The Morgan fingerprint density at radius 2 is 1.58 bits per heavy atom. The van der Waals surface area contributed by atoms with Crippen molar-refractivity contribution >= 4 is 16.1 Å². The molecule has 5 heteroatoms. The van der Waals surface area contributed by atoms with Gasteiger partial charge in [0.2, 0.25) is 10.0 Å². The third-order valence-corrected chi connectivity index (χ3v) is 4.87. The van der Waals surface area contributed by atoms with Crippen LogP contribution in [0.3, 0.4) is 0 Å². The lowest BCUT2D eigenvalue weighted by Crippen LogP contribution is -2.41. The Morgan fingerprint density at radius 3 is 2.17 bits per heavy atom. The average molecular weight is 344 g/mol. The molecule has 2 aromatic rings. The third-order valence-electron chi connectivity index (χ3n) is 3.80. The maximum absolute atomic E-state index is 12.2. The van der Waals surface area contributed by atoms with Crippen molar-refractivity contribution in [3.63, 3.8) is 0 Å². The molecule has 1 unspecified atom stereocenters. The van der Waals surface area contributed by atoms with E-state index in [1.807, 2.05) is 67.5 Å². The fraction of sp³-hybridized carbons (Fsp3) is 0.263. The molecule has 0 radical (unpaired) electrons. The normalized spacial score (nSPS) is 13.5. The summed E-state index contributed by atoms with van der Waals surface area (Å²) in [6.45, 7) is 0.364. The van der Waals surface area contributed by atoms with E-state index in [9.17, 15) is 8.42 Å². The number of sulfonamides is 1. The summed E-state index contributed by atoms with van der Waals surface area (Å²) in [6, 6.07) is 19.6. The predicted molar refractivity (Wildman–Crippen MR) is 100 cm³/mol. The van der Waals surface area contributed by atoms with Gasteiger partial charge in [-0.1, -0.05) is 60.7 Å². The average Bonchev–Trinajstić information content (AvgIpc) is 2.58. The lowest BCUT2D eigenvalue weighted by atomic mass is 10.1. The minimum absolute atomic E-state index is 0.0901. The van der Waals surface area contributed by atoms with Gasteiger partial charge in [-0.25, -0.2) is 13.1 Å². The third kappa shape index (κ3) is 6.28. The minimum atomic E-state index is -3.46. The topological polar surface area (TPSA) is 49.4 Å². The van der Waals surface area contributed by atoms with Gasteiger partial charge in [-0.2, -0.15) is 0 Å². The first-order chi connectivity index (χ1) is 11.5. The Kier molecular flexibility index (Phi) is 6.73. The summed E-state index contributed by atoms with van der Waals surface area (Å²) in [5.74, 6) is 0. The van der Waals surface area contributed by atoms with Gasteiger partial charge in [0.15, 0.2) is 0 Å². The van der Waals surface area contributed by atoms with E-state index >= 15 is 0 Å². The van der Waals surface area contributed by atoms with E-state index in [-0.39, 0.29) is 6.04 Å². The van der Waals surface area contributed by atoms with Crippen LogP contribution in [0.4, 0.5) is 0 Å². The molecule has 0 saturated heterocycles. The Hall–Kier alpha value is -1.95. The molecule has 0 aliphatic heterocycles. The number of nitrogens with zero attached hydrogens (tertiary/aromatic N) is 1. The fourth-order valence-corrected chi connectivity index (χ4v) is 3.17. The van der Waals surface area contributed by atoms with Crippen LogP contribution in [0.1, 0.15) is 11.1 Å². The van der Waals surface area contributed by atoms with Gasteiger partial charge in [-0.05, 0) is 37.7 Å². The van der Waals surface area contributed by atoms with E-state index in [0.29, 0.717) is 6.54 Å². The summed E-state index contributed by atoms with van der Waals surface area (Å²) in [5.41, 5.74) is 2.05. The number of benzene rings is 2. The van der Waals surface area contributed by atoms with Crippen LogP contribution >= 0.6 is 0 Å². The zero-order chi connectivity index (χ0) is 17.4. The Balaban J connectivity index is 1.96. The van der Waals surface area contributed by atoms with Crippen molar-refractivity contribution in [1.82, 2.24) is 9.62 Å². The van der Waals surface area contributed by atoms with Crippen LogP contribution < -0.4 is 4.72 Å². The van der Waals surface area contributed by atoms with Gasteiger partial charge in [-0.15, -0.1) is 0 Å². The highest BCUT2D eigenvalue weighted by molar-refractivity contribution is 7.92. The van der Waals surface area contributed by atoms with E-state index in [1.165, 1.54) is 11.0 Å². The lowest BCUT2D eigenvalue weighted by Gasteiger charge is -2.24. The molecular weight excluding hydrogens is 320 g/mol. The Morgan fingerprint density at radius 1 is 1.00 bits per heavy atom. The molecule has 0 heterocycles. The molecule has 0 aliphatic rings. The van der Waals surface area contributed by atoms with Crippen molar-refractivity contribution in [1.29, 1.82) is 0 Å². The van der Waals surface area contributed by atoms with Crippen molar-refractivity contribution in [3.8, 4) is 0 Å². The molecule has 24 heavy (non-hydrogen) atoms. The van der Waals surface area contributed by atoms with Crippen molar-refractivity contribution in [2.45, 2.75) is 12.5 Å². The summed E-state index contributed by atoms with van der Waals surface area (Å²) in [4.78, 5) is 2.04. The van der Waals surface area contributed by atoms with E-state index in [2.05, 4.69) is 16.9 Å². The Bertz CT molecular complexity index is 741. The van der Waals surface area contributed by atoms with Crippen LogP contribution in [-0.2, 0) is 16.4 Å². The molecule has 2 aromatic carbocycles. The number of hydrogen-bond acceptors (Lipinski definition) is 3. The van der Waals surface area contributed by atoms with Crippen molar-refractivity contribution in [2.75, 3.05) is 20.6 Å². The van der Waals surface area contributed by atoms with Gasteiger partial charge >= 0.3 is 0 Å². The second-order valence-electron chi connectivity index (χ2n) is 5.91. The molecule has 128 valence electrons. The summed E-state index contributed by atoms with van der Waals surface area (Å²) in [6.07, 6.45) is 2.39. The maximum Gasteiger partial charge on any atom is 0.233 e. The van der Waals surface area contributed by atoms with Gasteiger partial charge < -0.3 is 4.90 Å². The van der Waals surface area contributed by atoms with E-state index in [1.54, 1.807) is 6.08 Å². The quantitative estimate of drug-likeness (QED) is 0.801. The Labute approximate surface area is 144 Å². The number of likely N-dealkylation sites (N-methyl/N-ethyl adjacent to an activating group) is 1. The fourth-order valence-electron chi connectivity index (χ4n) is 2.32. The predicted octanol–water partition coefficient (Wildman–Crippen LogP) is 2.75. The second-order valence-corrected chi connectivity index (χ2v) is 7.56. The molecular formula is C19H24N2O2S. The first-order valence-electron chi connectivity index (χ1n) is 7.89. The van der Waals surface area contributed by atoms with Gasteiger partial charge in [0.25, 0.3) is 0 Å². The number of nitrogens with one attached hydrogen (secondary N) is 1. The minimum Gasteiger partial charge on any atom is -0.305 e. The smallest absolute Gasteiger partial charge is 0.233 e. The SMILES string of the molecule is CN(C)C(CNS(=O)(=O)C=Cc1ccccc1)Cc1ccccc1. The maximum atomic E-state index is 12.2. The molecule has 0 amide bonds. The van der Waals surface area contributed by atoms with E-state index < -0.39 is 10.0 Å². The molecule has 0 spiro atoms. The zero-order valence-electron chi connectivity index (χ0n) is 14.1. The van der Waals surface area contributed by atoms with Crippen molar-refractivity contribution in [3.05, 3.63) is 77.2 Å². The first-order valence-corrected chi connectivity index (χ1v) is 9.44. The van der Waals surface area contributed by atoms with Gasteiger partial charge in [0.1, 0.15) is 0 Å². The molecule has 0 bridgehead atoms. The van der Waals surface area contributed by atoms with Crippen molar-refractivity contribution in [2.24, 2.45) is 0 Å². The van der Waals surface area contributed by atoms with Gasteiger partial charge in [0, 0.05) is 18.0 Å². The summed E-state index contributed by atoms with van der Waals surface area (Å²) >= 11 is 0. The van der Waals surface area contributed by atoms with Crippen LogP contribution in [0.25, 0.3) is 6.08 Å². The molecule has 0 fully saturated rings. The molecule has 2 rings (SSSR count). The standard InChI is InChI=1S/C19H24N2O2S/c1-21(2)19(15-18-11-7-4-8-12-18)16-20-24(22,23)14-13-17-9-5-3-6-10-17/h3-14,19-20H,15-16H2,1-2H3. The van der Waals surface area contributed by atoms with E-state index in [4.69, 9.17) is 0 Å². The summed E-state index contributed by atoms with van der Waals surface area (Å²) in [7, 11) is 0.462. The number of rotatable bonds is 8. The highest BCUT2D eigenvalue weighted by Gasteiger charge is 2.15. The zero-order valence-corrected chi connectivity index (χ0v) is 14.9. The van der Waals surface area contributed by atoms with Gasteiger partial charge in [0.05, 0.1) is 0 Å². The van der Waals surface area contributed by atoms with Crippen molar-refractivity contribution < 1.29 is 8.42 Å². The highest BCUT2D eigenvalue weighted by atomic mass is 32.2. The summed E-state index contributed by atoms with van der Waals surface area (Å²) in [5, 5.41) is 1.22. The highest BCUT2D eigenvalue weighted by Crippen LogP contribution is 2.07. The molecule has 0 aromatic heterocycles. The van der Waals surface area contributed by atoms with Crippen LogP contribution in [-0.4, -0.2) is 40.0 Å². The second kappa shape index (κ2) is 8.78. The molecule has 1 atom stereocenters. The van der Waals surface area contributed by atoms with Crippen LogP contribution in [0.15, 0.2) is 66.1 Å². The molecule has 0 saturated carbocycles. The monoisotopic (exact) mass is 344 g/mol. The lowest BCUT2D eigenvalue weighted by molar-refractivity contribution is 0.292. The molecule has 0 aliphatic carbocycles. The largest absolute Gasteiger partial charge is 0.305 e. The first kappa shape index (κ1) is 18.4. The summed E-state index contributed by atoms with van der Waals surface area (Å²) < 4.78 is 27.0. The number of hydrogen-bond donors (Lipinski definition) is 1. The van der Waals surface area contributed by atoms with E-state index in [0.717, 1.165) is 12.0 Å².